The number of carbonyl (C=O) groups is 2. The van der Waals surface area contributed by atoms with Crippen LogP contribution in [0.2, 0.25) is 0 Å². The second kappa shape index (κ2) is 7.99. The Hall–Kier alpha value is -2.90. The Morgan fingerprint density at radius 3 is 2.65 bits per heavy atom. The molecular formula is C18H23N3O5. The fourth-order valence-corrected chi connectivity index (χ4v) is 2.84. The standard InChI is InChI=1S/C18H23N3O5/c1-5-6-13-15(17(22)26-10(2)3)16(20-18(23)19-13)12-8-7-11(4)14(9-12)21(24)25/h7-10,16H,5-6H2,1-4H3,(H2,19,20,23). The first-order valence-electron chi connectivity index (χ1n) is 8.51. The minimum absolute atomic E-state index is 0.0658. The molecule has 8 heteroatoms. The minimum atomic E-state index is -0.809. The highest BCUT2D eigenvalue weighted by Gasteiger charge is 2.34. The highest BCUT2D eigenvalue weighted by molar-refractivity contribution is 5.95. The first kappa shape index (κ1) is 19.4. The van der Waals surface area contributed by atoms with E-state index in [4.69, 9.17) is 4.74 Å². The van der Waals surface area contributed by atoms with Crippen molar-refractivity contribution < 1.29 is 19.2 Å². The van der Waals surface area contributed by atoms with Crippen molar-refractivity contribution in [2.45, 2.75) is 52.7 Å². The predicted octanol–water partition coefficient (Wildman–Crippen LogP) is 3.26. The Balaban J connectivity index is 2.57. The molecule has 2 rings (SSSR count). The fraction of sp³-hybridized carbons (Fsp3) is 0.444. The van der Waals surface area contributed by atoms with Gasteiger partial charge >= 0.3 is 12.0 Å². The number of carbonyl (C=O) groups excluding carboxylic acids is 2. The largest absolute Gasteiger partial charge is 0.459 e. The number of benzene rings is 1. The second-order valence-electron chi connectivity index (χ2n) is 6.43. The third-order valence-electron chi connectivity index (χ3n) is 3.98. The van der Waals surface area contributed by atoms with Crippen LogP contribution in [0.15, 0.2) is 29.5 Å². The van der Waals surface area contributed by atoms with E-state index >= 15 is 0 Å². The van der Waals surface area contributed by atoms with Crippen LogP contribution in [0.4, 0.5) is 10.5 Å². The topological polar surface area (TPSA) is 111 Å². The van der Waals surface area contributed by atoms with Crippen LogP contribution in [0, 0.1) is 17.0 Å². The molecule has 0 aromatic heterocycles. The zero-order chi connectivity index (χ0) is 19.4. The molecule has 1 heterocycles. The van der Waals surface area contributed by atoms with Gasteiger partial charge in [-0.25, -0.2) is 9.59 Å². The van der Waals surface area contributed by atoms with E-state index < -0.39 is 23.0 Å². The molecule has 1 aromatic carbocycles. The van der Waals surface area contributed by atoms with Gasteiger partial charge in [-0.05, 0) is 32.8 Å². The van der Waals surface area contributed by atoms with Crippen LogP contribution in [-0.2, 0) is 9.53 Å². The number of allylic oxidation sites excluding steroid dienone is 1. The highest BCUT2D eigenvalue weighted by Crippen LogP contribution is 2.32. The van der Waals surface area contributed by atoms with Crippen LogP contribution in [0.25, 0.3) is 0 Å². The summed E-state index contributed by atoms with van der Waals surface area (Å²) in [6.07, 6.45) is 0.874. The second-order valence-corrected chi connectivity index (χ2v) is 6.43. The molecule has 140 valence electrons. The first-order valence-corrected chi connectivity index (χ1v) is 8.51. The van der Waals surface area contributed by atoms with Crippen LogP contribution in [0.3, 0.4) is 0 Å². The molecule has 1 aliphatic heterocycles. The van der Waals surface area contributed by atoms with Gasteiger partial charge in [0.1, 0.15) is 0 Å². The number of nitro benzene ring substituents is 1. The van der Waals surface area contributed by atoms with Crippen LogP contribution in [0.5, 0.6) is 0 Å². The first-order chi connectivity index (χ1) is 12.2. The van der Waals surface area contributed by atoms with Gasteiger partial charge in [-0.3, -0.25) is 10.1 Å². The van der Waals surface area contributed by atoms with Crippen LogP contribution >= 0.6 is 0 Å². The molecule has 1 aliphatic rings. The number of aryl methyl sites for hydroxylation is 1. The van der Waals surface area contributed by atoms with Gasteiger partial charge in [0.15, 0.2) is 0 Å². The van der Waals surface area contributed by atoms with Crippen molar-refractivity contribution in [1.82, 2.24) is 10.6 Å². The van der Waals surface area contributed by atoms with Gasteiger partial charge in [0.25, 0.3) is 5.69 Å². The Morgan fingerprint density at radius 2 is 2.08 bits per heavy atom. The maximum atomic E-state index is 12.7. The highest BCUT2D eigenvalue weighted by atomic mass is 16.6. The quantitative estimate of drug-likeness (QED) is 0.459. The monoisotopic (exact) mass is 361 g/mol. The SMILES string of the molecule is CCCC1=C(C(=O)OC(C)C)C(c2ccc(C)c([N+](=O)[O-])c2)NC(=O)N1. The average Bonchev–Trinajstić information content (AvgIpc) is 2.54. The summed E-state index contributed by atoms with van der Waals surface area (Å²) in [4.78, 5) is 35.5. The summed E-state index contributed by atoms with van der Waals surface area (Å²) < 4.78 is 5.33. The molecule has 1 unspecified atom stereocenters. The molecular weight excluding hydrogens is 338 g/mol. The molecule has 0 bridgehead atoms. The Morgan fingerprint density at radius 1 is 1.38 bits per heavy atom. The fourth-order valence-electron chi connectivity index (χ4n) is 2.84. The van der Waals surface area contributed by atoms with Crippen LogP contribution in [-0.4, -0.2) is 23.0 Å². The maximum absolute atomic E-state index is 12.7. The lowest BCUT2D eigenvalue weighted by atomic mass is 9.92. The van der Waals surface area contributed by atoms with Gasteiger partial charge in [0.2, 0.25) is 0 Å². The molecule has 0 saturated carbocycles. The van der Waals surface area contributed by atoms with Gasteiger partial charge in [-0.15, -0.1) is 0 Å². The Bertz CT molecular complexity index is 770. The Kier molecular flexibility index (Phi) is 5.97. The van der Waals surface area contributed by atoms with E-state index in [-0.39, 0.29) is 17.4 Å². The summed E-state index contributed by atoms with van der Waals surface area (Å²) in [5.74, 6) is -0.552. The normalized spacial score (nSPS) is 17.0. The van der Waals surface area contributed by atoms with E-state index in [1.807, 2.05) is 6.92 Å². The molecule has 2 N–H and O–H groups in total. The molecule has 0 spiro atoms. The summed E-state index contributed by atoms with van der Waals surface area (Å²) >= 11 is 0. The molecule has 0 saturated heterocycles. The van der Waals surface area contributed by atoms with Gasteiger partial charge in [0, 0.05) is 17.3 Å². The summed E-state index contributed by atoms with van der Waals surface area (Å²) in [5.41, 5.74) is 1.65. The average molecular weight is 361 g/mol. The number of nitrogens with zero attached hydrogens (tertiary/aromatic N) is 1. The maximum Gasteiger partial charge on any atom is 0.338 e. The van der Waals surface area contributed by atoms with E-state index in [9.17, 15) is 19.7 Å². The number of esters is 1. The van der Waals surface area contributed by atoms with Gasteiger partial charge < -0.3 is 15.4 Å². The summed E-state index contributed by atoms with van der Waals surface area (Å²) in [6.45, 7) is 7.03. The van der Waals surface area contributed by atoms with Crippen molar-refractivity contribution in [1.29, 1.82) is 0 Å². The smallest absolute Gasteiger partial charge is 0.338 e. The summed E-state index contributed by atoms with van der Waals surface area (Å²) in [6, 6.07) is 3.40. The van der Waals surface area contributed by atoms with Crippen molar-refractivity contribution in [2.24, 2.45) is 0 Å². The lowest BCUT2D eigenvalue weighted by Gasteiger charge is -2.29. The third kappa shape index (κ3) is 4.19. The molecule has 8 nitrogen and oxygen atoms in total. The van der Waals surface area contributed by atoms with Crippen LogP contribution in [0.1, 0.15) is 50.8 Å². The molecule has 1 atom stereocenters. The zero-order valence-electron chi connectivity index (χ0n) is 15.3. The molecule has 0 aliphatic carbocycles. The molecule has 2 amide bonds. The Labute approximate surface area is 151 Å². The number of nitrogens with one attached hydrogen (secondary N) is 2. The van der Waals surface area contributed by atoms with E-state index in [1.54, 1.807) is 32.9 Å². The van der Waals surface area contributed by atoms with E-state index in [1.165, 1.54) is 6.07 Å². The number of ether oxygens (including phenoxy) is 1. The zero-order valence-corrected chi connectivity index (χ0v) is 15.3. The summed E-state index contributed by atoms with van der Waals surface area (Å²) in [5, 5.41) is 16.6. The van der Waals surface area contributed by atoms with Gasteiger partial charge in [-0.1, -0.05) is 25.5 Å². The number of amides is 2. The van der Waals surface area contributed by atoms with Crippen molar-refractivity contribution in [2.75, 3.05) is 0 Å². The van der Waals surface area contributed by atoms with E-state index in [0.29, 0.717) is 23.2 Å². The third-order valence-corrected chi connectivity index (χ3v) is 3.98. The van der Waals surface area contributed by atoms with Crippen molar-refractivity contribution >= 4 is 17.7 Å². The number of hydrogen-bond donors (Lipinski definition) is 2. The van der Waals surface area contributed by atoms with E-state index in [2.05, 4.69) is 10.6 Å². The lowest BCUT2D eigenvalue weighted by molar-refractivity contribution is -0.385. The molecule has 0 radical (unpaired) electrons. The minimum Gasteiger partial charge on any atom is -0.459 e. The van der Waals surface area contributed by atoms with Gasteiger partial charge in [0.05, 0.1) is 22.6 Å². The van der Waals surface area contributed by atoms with E-state index in [0.717, 1.165) is 6.42 Å². The van der Waals surface area contributed by atoms with Gasteiger partial charge in [-0.2, -0.15) is 0 Å². The predicted molar refractivity (Wildman–Crippen MR) is 95.4 cm³/mol. The molecule has 1 aromatic rings. The number of hydrogen-bond acceptors (Lipinski definition) is 5. The number of urea groups is 1. The number of rotatable bonds is 6. The van der Waals surface area contributed by atoms with Crippen LogP contribution < -0.4 is 10.6 Å². The molecule has 26 heavy (non-hydrogen) atoms. The summed E-state index contributed by atoms with van der Waals surface area (Å²) in [7, 11) is 0. The molecule has 0 fully saturated rings. The van der Waals surface area contributed by atoms with Crippen molar-refractivity contribution in [3.05, 3.63) is 50.7 Å². The number of nitro groups is 1. The van der Waals surface area contributed by atoms with Crippen molar-refractivity contribution in [3.63, 3.8) is 0 Å². The lowest BCUT2D eigenvalue weighted by Crippen LogP contribution is -2.46. The van der Waals surface area contributed by atoms with Crippen molar-refractivity contribution in [3.8, 4) is 0 Å².